The number of esters is 1. The first-order valence-corrected chi connectivity index (χ1v) is 11.2. The highest BCUT2D eigenvalue weighted by molar-refractivity contribution is 6.09. The van der Waals surface area contributed by atoms with Crippen LogP contribution in [0.1, 0.15) is 112 Å². The number of ether oxygens (including phenoxy) is 2. The average Bonchev–Trinajstić information content (AvgIpc) is 2.72. The number of hydrogen-bond acceptors (Lipinski definition) is 5. The molecule has 1 rings (SSSR count). The normalized spacial score (nSPS) is 10.7. The van der Waals surface area contributed by atoms with Crippen LogP contribution in [-0.4, -0.2) is 30.6 Å². The van der Waals surface area contributed by atoms with E-state index < -0.39 is 5.97 Å². The standard InChI is InChI=1S/C24H38O5/c1-4-6-8-9-10-11-12-13-14-15-20(25)22-19(24(27)29-18-7-5-2)16-17-21(26)23(22)28-3/h16-17,26H,4-15,18H2,1-3H3. The molecule has 5 heteroatoms. The average molecular weight is 407 g/mol. The summed E-state index contributed by atoms with van der Waals surface area (Å²) >= 11 is 0. The summed E-state index contributed by atoms with van der Waals surface area (Å²) in [7, 11) is 1.39. The van der Waals surface area contributed by atoms with Gasteiger partial charge in [-0.25, -0.2) is 4.79 Å². The maximum Gasteiger partial charge on any atom is 0.339 e. The van der Waals surface area contributed by atoms with Gasteiger partial charge >= 0.3 is 5.97 Å². The van der Waals surface area contributed by atoms with E-state index in [1.54, 1.807) is 0 Å². The topological polar surface area (TPSA) is 72.8 Å². The van der Waals surface area contributed by atoms with Crippen molar-refractivity contribution in [2.75, 3.05) is 13.7 Å². The molecule has 0 aliphatic rings. The zero-order valence-corrected chi connectivity index (χ0v) is 18.4. The van der Waals surface area contributed by atoms with Crippen LogP contribution in [0.25, 0.3) is 0 Å². The molecular weight excluding hydrogens is 368 g/mol. The minimum atomic E-state index is -0.549. The number of carbonyl (C=O) groups excluding carboxylic acids is 2. The number of unbranched alkanes of at least 4 members (excludes halogenated alkanes) is 9. The molecule has 1 N–H and O–H groups in total. The molecule has 0 radical (unpaired) electrons. The number of phenols is 1. The van der Waals surface area contributed by atoms with Crippen LogP contribution in [0.5, 0.6) is 11.5 Å². The van der Waals surface area contributed by atoms with Gasteiger partial charge in [-0.2, -0.15) is 0 Å². The van der Waals surface area contributed by atoms with Crippen LogP contribution in [0.15, 0.2) is 12.1 Å². The lowest BCUT2D eigenvalue weighted by Crippen LogP contribution is -2.14. The summed E-state index contributed by atoms with van der Waals surface area (Å²) in [4.78, 5) is 25.3. The number of rotatable bonds is 16. The van der Waals surface area contributed by atoms with Gasteiger partial charge in [-0.3, -0.25) is 4.79 Å². The van der Waals surface area contributed by atoms with Gasteiger partial charge in [-0.1, -0.05) is 71.6 Å². The molecular formula is C24H38O5. The summed E-state index contributed by atoms with van der Waals surface area (Å²) in [6.45, 7) is 4.54. The van der Waals surface area contributed by atoms with Crippen molar-refractivity contribution in [3.63, 3.8) is 0 Å². The van der Waals surface area contributed by atoms with Gasteiger partial charge in [0.15, 0.2) is 17.3 Å². The Morgan fingerprint density at radius 2 is 1.45 bits per heavy atom. The number of methoxy groups -OCH3 is 1. The van der Waals surface area contributed by atoms with E-state index in [9.17, 15) is 14.7 Å². The molecule has 0 bridgehead atoms. The van der Waals surface area contributed by atoms with Crippen molar-refractivity contribution in [3.8, 4) is 11.5 Å². The number of ketones is 1. The molecule has 5 nitrogen and oxygen atoms in total. The Kier molecular flexibility index (Phi) is 12.8. The molecule has 0 aliphatic heterocycles. The second-order valence-corrected chi connectivity index (χ2v) is 7.53. The van der Waals surface area contributed by atoms with Gasteiger partial charge in [-0.15, -0.1) is 0 Å². The summed E-state index contributed by atoms with van der Waals surface area (Å²) in [5.74, 6) is -0.834. The van der Waals surface area contributed by atoms with Crippen molar-refractivity contribution < 1.29 is 24.2 Å². The molecule has 0 saturated carbocycles. The first kappa shape index (κ1) is 25.0. The van der Waals surface area contributed by atoms with E-state index in [1.165, 1.54) is 57.8 Å². The number of aromatic hydroxyl groups is 1. The molecule has 0 spiro atoms. The molecule has 0 saturated heterocycles. The van der Waals surface area contributed by atoms with E-state index in [2.05, 4.69) is 6.92 Å². The number of carbonyl (C=O) groups is 2. The number of Topliss-reactive ketones (excluding diaryl/α,β-unsaturated/α-hetero) is 1. The minimum Gasteiger partial charge on any atom is -0.504 e. The molecule has 1 aromatic rings. The monoisotopic (exact) mass is 406 g/mol. The van der Waals surface area contributed by atoms with Crippen LogP contribution in [0.3, 0.4) is 0 Å². The highest BCUT2D eigenvalue weighted by Gasteiger charge is 2.25. The Hall–Kier alpha value is -2.04. The number of hydrogen-bond donors (Lipinski definition) is 1. The van der Waals surface area contributed by atoms with E-state index in [0.717, 1.165) is 32.1 Å². The van der Waals surface area contributed by atoms with Crippen LogP contribution in [0.4, 0.5) is 0 Å². The second kappa shape index (κ2) is 14.9. The summed E-state index contributed by atoms with van der Waals surface area (Å²) in [5.41, 5.74) is 0.297. The molecule has 164 valence electrons. The fraction of sp³-hybridized carbons (Fsp3) is 0.667. The lowest BCUT2D eigenvalue weighted by molar-refractivity contribution is 0.0496. The van der Waals surface area contributed by atoms with Gasteiger partial charge in [0.2, 0.25) is 0 Å². The number of phenolic OH excluding ortho intramolecular Hbond substituents is 1. The van der Waals surface area contributed by atoms with Crippen LogP contribution in [0.2, 0.25) is 0 Å². The summed E-state index contributed by atoms with van der Waals surface area (Å²) in [6, 6.07) is 2.81. The molecule has 0 atom stereocenters. The molecule has 0 aromatic heterocycles. The summed E-state index contributed by atoms with van der Waals surface area (Å²) in [5, 5.41) is 10.1. The second-order valence-electron chi connectivity index (χ2n) is 7.53. The van der Waals surface area contributed by atoms with E-state index in [4.69, 9.17) is 9.47 Å². The maximum atomic E-state index is 12.8. The Morgan fingerprint density at radius 1 is 0.862 bits per heavy atom. The van der Waals surface area contributed by atoms with Crippen LogP contribution < -0.4 is 4.74 Å². The molecule has 29 heavy (non-hydrogen) atoms. The molecule has 1 aromatic carbocycles. The molecule has 0 unspecified atom stereocenters. The SMILES string of the molecule is CCCCCCCCCCCC(=O)c1c(C(=O)OCCCC)ccc(O)c1OC. The van der Waals surface area contributed by atoms with Gasteiger partial charge in [0.1, 0.15) is 0 Å². The lowest BCUT2D eigenvalue weighted by Gasteiger charge is -2.14. The molecule has 0 heterocycles. The Labute approximate surface area is 175 Å². The van der Waals surface area contributed by atoms with Crippen molar-refractivity contribution in [1.29, 1.82) is 0 Å². The third kappa shape index (κ3) is 8.88. The zero-order chi connectivity index (χ0) is 21.5. The van der Waals surface area contributed by atoms with Gasteiger partial charge in [0.25, 0.3) is 0 Å². The van der Waals surface area contributed by atoms with Crippen molar-refractivity contribution in [1.82, 2.24) is 0 Å². The van der Waals surface area contributed by atoms with Gasteiger partial charge < -0.3 is 14.6 Å². The summed E-state index contributed by atoms with van der Waals surface area (Å²) in [6.07, 6.45) is 12.5. The van der Waals surface area contributed by atoms with Crippen LogP contribution >= 0.6 is 0 Å². The van der Waals surface area contributed by atoms with E-state index in [1.807, 2.05) is 6.92 Å². The highest BCUT2D eigenvalue weighted by Crippen LogP contribution is 2.34. The fourth-order valence-corrected chi connectivity index (χ4v) is 3.33. The third-order valence-electron chi connectivity index (χ3n) is 5.08. The van der Waals surface area contributed by atoms with Crippen LogP contribution in [0, 0.1) is 0 Å². The van der Waals surface area contributed by atoms with Crippen molar-refractivity contribution in [3.05, 3.63) is 23.3 Å². The minimum absolute atomic E-state index is 0.0517. The van der Waals surface area contributed by atoms with Crippen molar-refractivity contribution >= 4 is 11.8 Å². The summed E-state index contributed by atoms with van der Waals surface area (Å²) < 4.78 is 10.5. The largest absolute Gasteiger partial charge is 0.504 e. The highest BCUT2D eigenvalue weighted by atomic mass is 16.5. The third-order valence-corrected chi connectivity index (χ3v) is 5.08. The van der Waals surface area contributed by atoms with Crippen molar-refractivity contribution in [2.45, 2.75) is 90.9 Å². The van der Waals surface area contributed by atoms with Crippen molar-refractivity contribution in [2.24, 2.45) is 0 Å². The van der Waals surface area contributed by atoms with E-state index in [-0.39, 0.29) is 28.4 Å². The lowest BCUT2D eigenvalue weighted by atomic mass is 9.97. The molecule has 0 aliphatic carbocycles. The quantitative estimate of drug-likeness (QED) is 0.194. The molecule has 0 amide bonds. The maximum absolute atomic E-state index is 12.8. The van der Waals surface area contributed by atoms with Crippen LogP contribution in [-0.2, 0) is 4.74 Å². The fourth-order valence-electron chi connectivity index (χ4n) is 3.33. The number of benzene rings is 1. The zero-order valence-electron chi connectivity index (χ0n) is 18.4. The predicted molar refractivity (Wildman–Crippen MR) is 116 cm³/mol. The van der Waals surface area contributed by atoms with Gasteiger partial charge in [0, 0.05) is 6.42 Å². The Balaban J connectivity index is 2.63. The smallest absolute Gasteiger partial charge is 0.339 e. The van der Waals surface area contributed by atoms with Gasteiger partial charge in [0.05, 0.1) is 24.8 Å². The van der Waals surface area contributed by atoms with E-state index in [0.29, 0.717) is 13.0 Å². The Bertz CT molecular complexity index is 624. The first-order chi connectivity index (χ1) is 14.1. The first-order valence-electron chi connectivity index (χ1n) is 11.2. The predicted octanol–water partition coefficient (Wildman–Crippen LogP) is 6.46. The van der Waals surface area contributed by atoms with E-state index >= 15 is 0 Å². The molecule has 0 fully saturated rings. The van der Waals surface area contributed by atoms with Gasteiger partial charge in [-0.05, 0) is 25.0 Å². The Morgan fingerprint density at radius 3 is 2.03 bits per heavy atom.